The first kappa shape index (κ1) is 16.1. The van der Waals surface area contributed by atoms with E-state index in [0.29, 0.717) is 0 Å². The summed E-state index contributed by atoms with van der Waals surface area (Å²) in [7, 11) is -1.94. The van der Waals surface area contributed by atoms with Crippen LogP contribution >= 0.6 is 0 Å². The largest absolute Gasteiger partial charge is 0.395 e. The van der Waals surface area contributed by atoms with Gasteiger partial charge >= 0.3 is 8.56 Å². The first-order valence-electron chi connectivity index (χ1n) is 6.63. The molecule has 16 heavy (non-hydrogen) atoms. The van der Waals surface area contributed by atoms with Gasteiger partial charge in [0.2, 0.25) is 0 Å². The Hall–Kier alpha value is 0.0969. The van der Waals surface area contributed by atoms with Crippen LogP contribution in [0, 0.1) is 0 Å². The average Bonchev–Trinajstić information content (AvgIpc) is 2.18. The van der Waals surface area contributed by atoms with Crippen LogP contribution in [0.25, 0.3) is 0 Å². The highest BCUT2D eigenvalue weighted by Crippen LogP contribution is 2.17. The fourth-order valence-electron chi connectivity index (χ4n) is 1.82. The second-order valence-electron chi connectivity index (χ2n) is 4.38. The lowest BCUT2D eigenvalue weighted by Crippen LogP contribution is -2.45. The summed E-state index contributed by atoms with van der Waals surface area (Å²) >= 11 is 0. The molecule has 0 aliphatic rings. The molecule has 0 saturated carbocycles. The third kappa shape index (κ3) is 7.38. The number of nitrogens with one attached hydrogen (secondary N) is 1. The van der Waals surface area contributed by atoms with Gasteiger partial charge in [-0.15, -0.1) is 0 Å². The Kier molecular flexibility index (Phi) is 9.22. The molecule has 0 aromatic rings. The zero-order chi connectivity index (χ0) is 12.4. The Bertz CT molecular complexity index is 161. The van der Waals surface area contributed by atoms with Gasteiger partial charge in [0, 0.05) is 6.61 Å². The van der Waals surface area contributed by atoms with Crippen molar-refractivity contribution in [1.82, 2.24) is 5.32 Å². The molecule has 0 aromatic carbocycles. The highest BCUT2D eigenvalue weighted by molar-refractivity contribution is 6.66. The standard InChI is InChI=1S/C12H29NO2Si/c1-6-9-10-13-12(4)15-16(5,11-7-2)14-8-3/h12-13H,6-11H2,1-5H3. The third-order valence-corrected chi connectivity index (χ3v) is 5.70. The Morgan fingerprint density at radius 3 is 2.38 bits per heavy atom. The van der Waals surface area contributed by atoms with E-state index in [0.717, 1.165) is 25.6 Å². The highest BCUT2D eigenvalue weighted by atomic mass is 28.4. The van der Waals surface area contributed by atoms with Crippen LogP contribution in [0.4, 0.5) is 0 Å². The molecule has 0 rings (SSSR count). The van der Waals surface area contributed by atoms with Gasteiger partial charge in [0.1, 0.15) is 0 Å². The molecule has 0 bridgehead atoms. The fourth-order valence-corrected chi connectivity index (χ4v) is 4.50. The van der Waals surface area contributed by atoms with Crippen molar-refractivity contribution in [3.8, 4) is 0 Å². The number of hydrogen-bond acceptors (Lipinski definition) is 3. The van der Waals surface area contributed by atoms with Gasteiger partial charge in [-0.2, -0.15) is 0 Å². The van der Waals surface area contributed by atoms with Crippen LogP contribution in [0.5, 0.6) is 0 Å². The molecular formula is C12H29NO2Si. The summed E-state index contributed by atoms with van der Waals surface area (Å²) in [5.74, 6) is 0. The Balaban J connectivity index is 3.96. The molecule has 2 unspecified atom stereocenters. The van der Waals surface area contributed by atoms with E-state index >= 15 is 0 Å². The van der Waals surface area contributed by atoms with E-state index < -0.39 is 8.56 Å². The van der Waals surface area contributed by atoms with Crippen LogP contribution in [-0.4, -0.2) is 27.9 Å². The molecule has 0 aliphatic carbocycles. The van der Waals surface area contributed by atoms with Crippen LogP contribution in [0.2, 0.25) is 12.6 Å². The van der Waals surface area contributed by atoms with Crippen molar-refractivity contribution in [2.24, 2.45) is 0 Å². The molecule has 98 valence electrons. The maximum absolute atomic E-state index is 6.07. The average molecular weight is 247 g/mol. The van der Waals surface area contributed by atoms with Crippen molar-refractivity contribution in [3.05, 3.63) is 0 Å². The summed E-state index contributed by atoms with van der Waals surface area (Å²) in [5.41, 5.74) is 0. The minimum atomic E-state index is -1.94. The van der Waals surface area contributed by atoms with E-state index in [4.69, 9.17) is 8.85 Å². The minimum absolute atomic E-state index is 0.112. The van der Waals surface area contributed by atoms with Crippen LogP contribution < -0.4 is 5.32 Å². The van der Waals surface area contributed by atoms with E-state index in [9.17, 15) is 0 Å². The van der Waals surface area contributed by atoms with Crippen molar-refractivity contribution >= 4 is 8.56 Å². The van der Waals surface area contributed by atoms with Gasteiger partial charge < -0.3 is 8.85 Å². The van der Waals surface area contributed by atoms with E-state index in [2.05, 4.69) is 32.6 Å². The van der Waals surface area contributed by atoms with Crippen molar-refractivity contribution < 1.29 is 8.85 Å². The molecular weight excluding hydrogens is 218 g/mol. The van der Waals surface area contributed by atoms with Crippen molar-refractivity contribution in [2.45, 2.75) is 65.8 Å². The summed E-state index contributed by atoms with van der Waals surface area (Å²) in [5, 5.41) is 3.39. The van der Waals surface area contributed by atoms with Gasteiger partial charge in [0.25, 0.3) is 0 Å². The monoisotopic (exact) mass is 247 g/mol. The SMILES string of the molecule is CCCCNC(C)O[Si](C)(CCC)OCC. The number of hydrogen-bond donors (Lipinski definition) is 1. The minimum Gasteiger partial charge on any atom is -0.395 e. The van der Waals surface area contributed by atoms with E-state index in [-0.39, 0.29) is 6.23 Å². The molecule has 0 aromatic heterocycles. The van der Waals surface area contributed by atoms with Crippen molar-refractivity contribution in [2.75, 3.05) is 13.2 Å². The maximum atomic E-state index is 6.07. The van der Waals surface area contributed by atoms with Crippen molar-refractivity contribution in [1.29, 1.82) is 0 Å². The molecule has 2 atom stereocenters. The zero-order valence-corrected chi connectivity index (χ0v) is 12.6. The molecule has 3 nitrogen and oxygen atoms in total. The molecule has 0 radical (unpaired) electrons. The molecule has 0 heterocycles. The number of unbranched alkanes of at least 4 members (excludes halogenated alkanes) is 1. The van der Waals surface area contributed by atoms with Gasteiger partial charge in [-0.1, -0.05) is 26.7 Å². The van der Waals surface area contributed by atoms with Gasteiger partial charge in [0.05, 0.1) is 6.23 Å². The Morgan fingerprint density at radius 2 is 1.88 bits per heavy atom. The molecule has 0 fully saturated rings. The lowest BCUT2D eigenvalue weighted by molar-refractivity contribution is 0.108. The first-order valence-corrected chi connectivity index (χ1v) is 9.15. The molecule has 0 spiro atoms. The summed E-state index contributed by atoms with van der Waals surface area (Å²) in [6, 6.07) is 1.07. The molecule has 1 N–H and O–H groups in total. The van der Waals surface area contributed by atoms with E-state index in [1.165, 1.54) is 12.8 Å². The lowest BCUT2D eigenvalue weighted by Gasteiger charge is -2.30. The first-order chi connectivity index (χ1) is 7.58. The third-order valence-electron chi connectivity index (χ3n) is 2.54. The quantitative estimate of drug-likeness (QED) is 0.365. The zero-order valence-electron chi connectivity index (χ0n) is 11.6. The van der Waals surface area contributed by atoms with Gasteiger partial charge in [-0.3, -0.25) is 5.32 Å². The summed E-state index contributed by atoms with van der Waals surface area (Å²) in [6.07, 6.45) is 3.66. The summed E-state index contributed by atoms with van der Waals surface area (Å²) in [6.45, 7) is 12.4. The van der Waals surface area contributed by atoms with Gasteiger partial charge in [-0.25, -0.2) is 0 Å². The van der Waals surface area contributed by atoms with Crippen LogP contribution in [0.15, 0.2) is 0 Å². The van der Waals surface area contributed by atoms with Crippen molar-refractivity contribution in [3.63, 3.8) is 0 Å². The second kappa shape index (κ2) is 9.16. The van der Waals surface area contributed by atoms with Crippen LogP contribution in [0.3, 0.4) is 0 Å². The summed E-state index contributed by atoms with van der Waals surface area (Å²) < 4.78 is 11.9. The molecule has 0 amide bonds. The fraction of sp³-hybridized carbons (Fsp3) is 1.00. The van der Waals surface area contributed by atoms with Crippen LogP contribution in [0.1, 0.15) is 47.0 Å². The van der Waals surface area contributed by atoms with E-state index in [1.54, 1.807) is 0 Å². The highest BCUT2D eigenvalue weighted by Gasteiger charge is 2.31. The molecule has 0 saturated heterocycles. The maximum Gasteiger partial charge on any atom is 0.336 e. The number of rotatable bonds is 10. The normalized spacial score (nSPS) is 17.1. The lowest BCUT2D eigenvalue weighted by atomic mass is 10.3. The smallest absolute Gasteiger partial charge is 0.336 e. The Labute approximate surface area is 102 Å². The summed E-state index contributed by atoms with van der Waals surface area (Å²) in [4.78, 5) is 0. The predicted molar refractivity (Wildman–Crippen MR) is 71.8 cm³/mol. The predicted octanol–water partition coefficient (Wildman–Crippen LogP) is 3.26. The van der Waals surface area contributed by atoms with Gasteiger partial charge in [-0.05, 0) is 39.4 Å². The van der Waals surface area contributed by atoms with E-state index in [1.807, 2.05) is 6.92 Å². The Morgan fingerprint density at radius 1 is 1.19 bits per heavy atom. The van der Waals surface area contributed by atoms with Crippen LogP contribution in [-0.2, 0) is 8.85 Å². The topological polar surface area (TPSA) is 30.5 Å². The second-order valence-corrected chi connectivity index (χ2v) is 7.68. The molecule has 4 heteroatoms. The van der Waals surface area contributed by atoms with Gasteiger partial charge in [0.15, 0.2) is 0 Å². The molecule has 0 aliphatic heterocycles.